The van der Waals surface area contributed by atoms with Gasteiger partial charge in [0.2, 0.25) is 0 Å². The average Bonchev–Trinajstić information content (AvgIpc) is 2.25. The van der Waals surface area contributed by atoms with Gasteiger partial charge in [-0.1, -0.05) is 0 Å². The third-order valence-electron chi connectivity index (χ3n) is 3.16. The Kier molecular flexibility index (Phi) is 10.8. The summed E-state index contributed by atoms with van der Waals surface area (Å²) in [6, 6.07) is 0. The quantitative estimate of drug-likeness (QED) is 0.358. The molecule has 1 N–H and O–H groups in total. The van der Waals surface area contributed by atoms with Gasteiger partial charge in [-0.2, -0.15) is 0 Å². The zero-order chi connectivity index (χ0) is 13.1. The molecule has 1 unspecified atom stereocenters. The molecule has 100 valence electrons. The van der Waals surface area contributed by atoms with Crippen molar-refractivity contribution in [2.24, 2.45) is 0 Å². The number of rotatable bonds is 11. The summed E-state index contributed by atoms with van der Waals surface area (Å²) in [5, 5.41) is 1.10. The van der Waals surface area contributed by atoms with Gasteiger partial charge in [0.1, 0.15) is 0 Å². The van der Waals surface area contributed by atoms with Crippen LogP contribution in [0.5, 0.6) is 0 Å². The Morgan fingerprint density at radius 3 is 2.12 bits per heavy atom. The maximum atomic E-state index is 11.1. The molecule has 0 rings (SSSR count). The van der Waals surface area contributed by atoms with Crippen molar-refractivity contribution in [1.29, 1.82) is 0 Å². The summed E-state index contributed by atoms with van der Waals surface area (Å²) in [4.78, 5) is 0. The van der Waals surface area contributed by atoms with Crippen LogP contribution in [0.2, 0.25) is 5.02 Å². The SMILES string of the molecule is CCCCCCC[CH2][Zn][CH](CCC)S(=O)(=O)O. The first kappa shape index (κ1) is 17.5. The Labute approximate surface area is 114 Å². The fraction of sp³-hybridized carbons (Fsp3) is 1.00. The van der Waals surface area contributed by atoms with Crippen molar-refractivity contribution in [3.05, 3.63) is 0 Å². The molecule has 0 spiro atoms. The van der Waals surface area contributed by atoms with Crippen LogP contribution < -0.4 is 0 Å². The van der Waals surface area contributed by atoms with Crippen molar-refractivity contribution in [2.45, 2.75) is 74.1 Å². The molecule has 17 heavy (non-hydrogen) atoms. The summed E-state index contributed by atoms with van der Waals surface area (Å²) < 4.78 is 31.0. The Morgan fingerprint density at radius 2 is 1.59 bits per heavy atom. The molecule has 0 aromatic carbocycles. The molecule has 0 bridgehead atoms. The fourth-order valence-corrected chi connectivity index (χ4v) is 9.43. The van der Waals surface area contributed by atoms with E-state index in [0.717, 1.165) is 11.4 Å². The molecule has 0 aliphatic heterocycles. The molecule has 0 fully saturated rings. The van der Waals surface area contributed by atoms with Crippen LogP contribution in [0.4, 0.5) is 0 Å². The first-order valence-corrected chi connectivity index (χ1v) is 12.3. The molecular weight excluding hydrogens is 290 g/mol. The van der Waals surface area contributed by atoms with Crippen LogP contribution in [0, 0.1) is 0 Å². The summed E-state index contributed by atoms with van der Waals surface area (Å²) in [7, 11) is -3.75. The van der Waals surface area contributed by atoms with Crippen molar-refractivity contribution in [2.75, 3.05) is 0 Å². The molecule has 0 aromatic rings. The second-order valence-corrected chi connectivity index (χ2v) is 12.5. The van der Waals surface area contributed by atoms with Gasteiger partial charge in [-0.15, -0.1) is 0 Å². The maximum absolute atomic E-state index is 11.1. The van der Waals surface area contributed by atoms with Gasteiger partial charge >= 0.3 is 114 Å². The van der Waals surface area contributed by atoms with E-state index < -0.39 is 27.2 Å². The molecule has 3 nitrogen and oxygen atoms in total. The molecule has 5 heteroatoms. The van der Waals surface area contributed by atoms with Crippen molar-refractivity contribution in [1.82, 2.24) is 0 Å². The Hall–Kier alpha value is 0.533. The number of hydrogen-bond donors (Lipinski definition) is 1. The minimum absolute atomic E-state index is 0.351. The van der Waals surface area contributed by atoms with E-state index in [2.05, 4.69) is 6.92 Å². The molecule has 0 aliphatic carbocycles. The van der Waals surface area contributed by atoms with Gasteiger partial charge in [-0.25, -0.2) is 0 Å². The predicted molar refractivity (Wildman–Crippen MR) is 68.4 cm³/mol. The van der Waals surface area contributed by atoms with Gasteiger partial charge in [-0.05, 0) is 0 Å². The van der Waals surface area contributed by atoms with Crippen LogP contribution in [0.25, 0.3) is 0 Å². The van der Waals surface area contributed by atoms with E-state index >= 15 is 0 Å². The first-order chi connectivity index (χ1) is 8.02. The molecule has 0 aliphatic rings. The average molecular weight is 316 g/mol. The van der Waals surface area contributed by atoms with Gasteiger partial charge < -0.3 is 0 Å². The summed E-state index contributed by atoms with van der Waals surface area (Å²) in [5.41, 5.74) is 0. The van der Waals surface area contributed by atoms with Gasteiger partial charge in [0, 0.05) is 0 Å². The molecule has 0 saturated heterocycles. The number of hydrogen-bond acceptors (Lipinski definition) is 2. The fourth-order valence-electron chi connectivity index (χ4n) is 2.09. The summed E-state index contributed by atoms with van der Waals surface area (Å²) in [6.45, 7) is 4.18. The van der Waals surface area contributed by atoms with E-state index in [4.69, 9.17) is 4.55 Å². The second-order valence-electron chi connectivity index (χ2n) is 4.84. The molecule has 0 radical (unpaired) electrons. The van der Waals surface area contributed by atoms with E-state index in [1.54, 1.807) is 0 Å². The monoisotopic (exact) mass is 314 g/mol. The van der Waals surface area contributed by atoms with Crippen LogP contribution in [-0.4, -0.2) is 16.8 Å². The summed E-state index contributed by atoms with van der Waals surface area (Å²) >= 11 is -1.11. The predicted octanol–water partition coefficient (Wildman–Crippen LogP) is 3.86. The first-order valence-electron chi connectivity index (χ1n) is 6.98. The Bertz CT molecular complexity index is 265. The van der Waals surface area contributed by atoms with Crippen molar-refractivity contribution in [3.63, 3.8) is 0 Å². The van der Waals surface area contributed by atoms with E-state index in [1.807, 2.05) is 6.92 Å². The zero-order valence-corrected chi connectivity index (χ0v) is 15.1. The second kappa shape index (κ2) is 10.5. The van der Waals surface area contributed by atoms with Crippen LogP contribution in [0.15, 0.2) is 0 Å². The van der Waals surface area contributed by atoms with Crippen LogP contribution in [-0.2, 0) is 27.2 Å². The molecule has 0 saturated carbocycles. The summed E-state index contributed by atoms with van der Waals surface area (Å²) in [6.07, 6.45) is 9.07. The zero-order valence-electron chi connectivity index (χ0n) is 11.3. The van der Waals surface area contributed by atoms with E-state index in [0.29, 0.717) is 6.42 Å². The number of unbranched alkanes of at least 4 members (excludes halogenated alkanes) is 5. The van der Waals surface area contributed by atoms with E-state index in [-0.39, 0.29) is 3.84 Å². The molecule has 1 atom stereocenters. The van der Waals surface area contributed by atoms with Crippen molar-refractivity contribution in [3.8, 4) is 0 Å². The van der Waals surface area contributed by atoms with E-state index in [1.165, 1.54) is 38.5 Å². The third kappa shape index (κ3) is 10.2. The van der Waals surface area contributed by atoms with Gasteiger partial charge in [-0.3, -0.25) is 0 Å². The Balaban J connectivity index is 3.62. The third-order valence-corrected chi connectivity index (χ3v) is 12.2. The minimum atomic E-state index is -3.75. The molecule has 0 amide bonds. The normalized spacial score (nSPS) is 13.4. The standard InChI is InChI=1S/C8H17.C4H9O3S.Zn/c1-3-5-7-8-6-4-2;1-2-3-4-8(5,6)7;/h1,3-8H2,2H3;4H,2-3H2,1H3,(H,5,6,7);. The van der Waals surface area contributed by atoms with Gasteiger partial charge in [0.05, 0.1) is 0 Å². The molecule has 0 heterocycles. The van der Waals surface area contributed by atoms with E-state index in [9.17, 15) is 8.42 Å². The Morgan fingerprint density at radius 1 is 1.00 bits per heavy atom. The topological polar surface area (TPSA) is 54.4 Å². The van der Waals surface area contributed by atoms with Gasteiger partial charge in [0.25, 0.3) is 0 Å². The van der Waals surface area contributed by atoms with Crippen LogP contribution in [0.3, 0.4) is 0 Å². The van der Waals surface area contributed by atoms with Crippen LogP contribution >= 0.6 is 0 Å². The van der Waals surface area contributed by atoms with Gasteiger partial charge in [0.15, 0.2) is 0 Å². The van der Waals surface area contributed by atoms with Crippen molar-refractivity contribution >= 4 is 10.1 Å². The molecular formula is C12H26O3SZn. The summed E-state index contributed by atoms with van der Waals surface area (Å²) in [5.74, 6) is 0. The molecule has 0 aromatic heterocycles. The van der Waals surface area contributed by atoms with Crippen LogP contribution in [0.1, 0.15) is 65.2 Å². The van der Waals surface area contributed by atoms with Crippen molar-refractivity contribution < 1.29 is 30.1 Å².